The summed E-state index contributed by atoms with van der Waals surface area (Å²) in [5, 5.41) is 0. The summed E-state index contributed by atoms with van der Waals surface area (Å²) in [5.74, 6) is -1.54. The molecule has 7 heteroatoms. The quantitative estimate of drug-likeness (QED) is 0.391. The minimum absolute atomic E-state index is 0.170. The van der Waals surface area contributed by atoms with Gasteiger partial charge in [-0.1, -0.05) is 6.92 Å². The average molecular weight is 336 g/mol. The highest BCUT2D eigenvalue weighted by Crippen LogP contribution is 2.20. The summed E-state index contributed by atoms with van der Waals surface area (Å²) in [6, 6.07) is 3.41. The van der Waals surface area contributed by atoms with E-state index in [4.69, 9.17) is 14.2 Å². The fourth-order valence-electron chi connectivity index (χ4n) is 1.80. The van der Waals surface area contributed by atoms with Gasteiger partial charge in [0.1, 0.15) is 5.75 Å². The Morgan fingerprint density at radius 3 is 2.29 bits per heavy atom. The van der Waals surface area contributed by atoms with Gasteiger partial charge in [-0.05, 0) is 39.3 Å². The number of pyridine rings is 1. The van der Waals surface area contributed by atoms with Crippen LogP contribution in [-0.2, 0) is 19.1 Å². The maximum absolute atomic E-state index is 11.9. The van der Waals surface area contributed by atoms with Crippen LogP contribution in [0.4, 0.5) is 5.82 Å². The molecule has 1 rings (SSSR count). The van der Waals surface area contributed by atoms with Crippen LogP contribution in [0.3, 0.4) is 0 Å². The fraction of sp³-hybridized carbons (Fsp3) is 0.529. The molecule has 0 aliphatic carbocycles. The average Bonchev–Trinajstić information content (AvgIpc) is 2.55. The molecule has 24 heavy (non-hydrogen) atoms. The molecule has 7 nitrogen and oxygen atoms in total. The number of rotatable bonds is 9. The molecule has 132 valence electrons. The number of hydrogen-bond acceptors (Lipinski definition) is 7. The summed E-state index contributed by atoms with van der Waals surface area (Å²) in [6.45, 7) is 8.10. The maximum atomic E-state index is 11.9. The van der Waals surface area contributed by atoms with Crippen LogP contribution in [0.5, 0.6) is 5.75 Å². The monoisotopic (exact) mass is 336 g/mol. The third-order valence-electron chi connectivity index (χ3n) is 2.92. The molecule has 1 heterocycles. The standard InChI is InChI=1S/C17H24N2O5/c1-5-10-24-14-8-9-15(19-12(14)4)18-11-13(16(20)22-6-2)17(21)23-7-3/h8-9,11,13H,5-7,10H2,1-4H3. The highest BCUT2D eigenvalue weighted by Gasteiger charge is 2.27. The van der Waals surface area contributed by atoms with Crippen LogP contribution < -0.4 is 4.74 Å². The molecule has 1 aromatic rings. The van der Waals surface area contributed by atoms with E-state index in [9.17, 15) is 9.59 Å². The van der Waals surface area contributed by atoms with E-state index in [1.54, 1.807) is 32.9 Å². The molecule has 0 aromatic carbocycles. The van der Waals surface area contributed by atoms with Gasteiger partial charge in [0.15, 0.2) is 11.7 Å². The number of nitrogens with zero attached hydrogens (tertiary/aromatic N) is 2. The predicted molar refractivity (Wildman–Crippen MR) is 89.7 cm³/mol. The molecule has 0 radical (unpaired) electrons. The Hall–Kier alpha value is -2.44. The molecular formula is C17H24N2O5. The summed E-state index contributed by atoms with van der Waals surface area (Å²) in [6.07, 6.45) is 2.10. The molecule has 0 aliphatic rings. The second-order valence-corrected chi connectivity index (χ2v) is 4.86. The second kappa shape index (κ2) is 10.4. The van der Waals surface area contributed by atoms with Gasteiger partial charge in [0, 0.05) is 6.21 Å². The summed E-state index contributed by atoms with van der Waals surface area (Å²) >= 11 is 0. The van der Waals surface area contributed by atoms with E-state index < -0.39 is 17.9 Å². The smallest absolute Gasteiger partial charge is 0.325 e. The SMILES string of the molecule is CCCOc1ccc(N=CC(C(=O)OCC)C(=O)OCC)nc1C. The molecule has 0 N–H and O–H groups in total. The number of hydrogen-bond donors (Lipinski definition) is 0. The lowest BCUT2D eigenvalue weighted by Gasteiger charge is -2.10. The molecule has 0 fully saturated rings. The van der Waals surface area contributed by atoms with Gasteiger partial charge in [0.05, 0.1) is 25.5 Å². The summed E-state index contributed by atoms with van der Waals surface area (Å²) < 4.78 is 15.3. The lowest BCUT2D eigenvalue weighted by Crippen LogP contribution is -2.29. The van der Waals surface area contributed by atoms with Crippen molar-refractivity contribution in [2.45, 2.75) is 34.1 Å². The van der Waals surface area contributed by atoms with Crippen molar-refractivity contribution >= 4 is 24.0 Å². The van der Waals surface area contributed by atoms with E-state index in [-0.39, 0.29) is 13.2 Å². The lowest BCUT2D eigenvalue weighted by molar-refractivity contribution is -0.157. The highest BCUT2D eigenvalue weighted by atomic mass is 16.6. The molecule has 0 saturated heterocycles. The molecule has 0 amide bonds. The minimum atomic E-state index is -1.21. The van der Waals surface area contributed by atoms with E-state index in [2.05, 4.69) is 9.98 Å². The van der Waals surface area contributed by atoms with Crippen molar-refractivity contribution in [3.63, 3.8) is 0 Å². The van der Waals surface area contributed by atoms with Crippen molar-refractivity contribution in [2.24, 2.45) is 10.9 Å². The second-order valence-electron chi connectivity index (χ2n) is 4.86. The zero-order valence-corrected chi connectivity index (χ0v) is 14.6. The molecular weight excluding hydrogens is 312 g/mol. The topological polar surface area (TPSA) is 87.1 Å². The fourth-order valence-corrected chi connectivity index (χ4v) is 1.80. The lowest BCUT2D eigenvalue weighted by atomic mass is 10.2. The van der Waals surface area contributed by atoms with Crippen LogP contribution in [0, 0.1) is 12.8 Å². The van der Waals surface area contributed by atoms with E-state index in [0.29, 0.717) is 23.9 Å². The highest BCUT2D eigenvalue weighted by molar-refractivity contribution is 6.09. The molecule has 0 aliphatic heterocycles. The number of carbonyl (C=O) groups excluding carboxylic acids is 2. The van der Waals surface area contributed by atoms with Gasteiger partial charge in [-0.2, -0.15) is 0 Å². The van der Waals surface area contributed by atoms with E-state index in [1.165, 1.54) is 6.21 Å². The Morgan fingerprint density at radius 1 is 1.17 bits per heavy atom. The Morgan fingerprint density at radius 2 is 1.79 bits per heavy atom. The van der Waals surface area contributed by atoms with Gasteiger partial charge < -0.3 is 14.2 Å². The number of aryl methyl sites for hydroxylation is 1. The third kappa shape index (κ3) is 5.98. The van der Waals surface area contributed by atoms with Crippen molar-refractivity contribution in [3.8, 4) is 5.75 Å². The van der Waals surface area contributed by atoms with E-state index >= 15 is 0 Å². The largest absolute Gasteiger partial charge is 0.492 e. The van der Waals surface area contributed by atoms with Crippen LogP contribution in [0.2, 0.25) is 0 Å². The molecule has 0 atom stereocenters. The zero-order valence-electron chi connectivity index (χ0n) is 14.6. The van der Waals surface area contributed by atoms with Crippen molar-refractivity contribution in [1.82, 2.24) is 4.98 Å². The number of carbonyl (C=O) groups is 2. The van der Waals surface area contributed by atoms with Crippen LogP contribution in [0.15, 0.2) is 17.1 Å². The number of esters is 2. The van der Waals surface area contributed by atoms with Crippen molar-refractivity contribution in [2.75, 3.05) is 19.8 Å². The third-order valence-corrected chi connectivity index (χ3v) is 2.92. The Kier molecular flexibility index (Phi) is 8.46. The van der Waals surface area contributed by atoms with Gasteiger partial charge in [0.2, 0.25) is 0 Å². The molecule has 1 aromatic heterocycles. The zero-order chi connectivity index (χ0) is 17.9. The first-order valence-corrected chi connectivity index (χ1v) is 8.01. The van der Waals surface area contributed by atoms with Gasteiger partial charge >= 0.3 is 11.9 Å². The number of ether oxygens (including phenoxy) is 3. The summed E-state index contributed by atoms with van der Waals surface area (Å²) in [5.41, 5.74) is 0.682. The Bertz CT molecular complexity index is 568. The first-order valence-electron chi connectivity index (χ1n) is 8.01. The molecule has 0 unspecified atom stereocenters. The van der Waals surface area contributed by atoms with Gasteiger partial charge in [-0.3, -0.25) is 9.59 Å². The van der Waals surface area contributed by atoms with Crippen LogP contribution in [0.1, 0.15) is 32.9 Å². The van der Waals surface area contributed by atoms with Crippen molar-refractivity contribution < 1.29 is 23.8 Å². The number of aliphatic imine (C=N–C) groups is 1. The van der Waals surface area contributed by atoms with Crippen LogP contribution in [-0.4, -0.2) is 43.0 Å². The van der Waals surface area contributed by atoms with Gasteiger partial charge in [0.25, 0.3) is 0 Å². The first kappa shape index (κ1) is 19.6. The van der Waals surface area contributed by atoms with Crippen LogP contribution >= 0.6 is 0 Å². The van der Waals surface area contributed by atoms with Crippen molar-refractivity contribution in [1.29, 1.82) is 0 Å². The molecule has 0 bridgehead atoms. The van der Waals surface area contributed by atoms with E-state index in [0.717, 1.165) is 6.42 Å². The Labute approximate surface area is 142 Å². The first-order chi connectivity index (χ1) is 11.5. The minimum Gasteiger partial charge on any atom is -0.492 e. The van der Waals surface area contributed by atoms with Crippen molar-refractivity contribution in [3.05, 3.63) is 17.8 Å². The normalized spacial score (nSPS) is 10.9. The number of aromatic nitrogens is 1. The van der Waals surface area contributed by atoms with Gasteiger partial charge in [-0.25, -0.2) is 9.98 Å². The Balaban J connectivity index is 2.90. The summed E-state index contributed by atoms with van der Waals surface area (Å²) in [4.78, 5) is 32.1. The van der Waals surface area contributed by atoms with E-state index in [1.807, 2.05) is 6.92 Å². The summed E-state index contributed by atoms with van der Waals surface area (Å²) in [7, 11) is 0. The van der Waals surface area contributed by atoms with Crippen LogP contribution in [0.25, 0.3) is 0 Å². The molecule has 0 saturated carbocycles. The molecule has 0 spiro atoms. The van der Waals surface area contributed by atoms with Gasteiger partial charge in [-0.15, -0.1) is 0 Å². The predicted octanol–water partition coefficient (Wildman–Crippen LogP) is 2.62. The maximum Gasteiger partial charge on any atom is 0.325 e.